The second kappa shape index (κ2) is 7.78. The molecule has 8 heteroatoms. The monoisotopic (exact) mass is 347 g/mol. The quantitative estimate of drug-likeness (QED) is 0.863. The molecule has 1 amide bonds. The maximum Gasteiger partial charge on any atom is 0.265 e. The van der Waals surface area contributed by atoms with E-state index in [0.717, 1.165) is 0 Å². The molecular weight excluding hydrogens is 325 g/mol. The van der Waals surface area contributed by atoms with Crippen molar-refractivity contribution in [2.75, 3.05) is 43.3 Å². The van der Waals surface area contributed by atoms with Crippen LogP contribution in [0.15, 0.2) is 30.5 Å². The molecule has 0 bridgehead atoms. The van der Waals surface area contributed by atoms with Crippen LogP contribution in [-0.2, 0) is 4.79 Å². The minimum absolute atomic E-state index is 0.0252. The Balaban J connectivity index is 2.15. The summed E-state index contributed by atoms with van der Waals surface area (Å²) in [7, 11) is 7.29. The average Bonchev–Trinajstić information content (AvgIpc) is 2.56. The van der Waals surface area contributed by atoms with Gasteiger partial charge in [0.1, 0.15) is 5.69 Å². The van der Waals surface area contributed by atoms with Crippen LogP contribution in [0.2, 0.25) is 0 Å². The van der Waals surface area contributed by atoms with Crippen LogP contribution in [0.4, 0.5) is 21.8 Å². The Bertz CT molecular complexity index is 752. The highest BCUT2D eigenvalue weighted by Gasteiger charge is 2.19. The first-order valence-electron chi connectivity index (χ1n) is 7.73. The molecule has 134 valence electrons. The Morgan fingerprint density at radius 2 is 1.88 bits per heavy atom. The molecule has 0 spiro atoms. The number of halogens is 1. The number of rotatable bonds is 6. The van der Waals surface area contributed by atoms with Gasteiger partial charge in [0.2, 0.25) is 5.95 Å². The molecule has 1 aromatic heterocycles. The minimum Gasteiger partial charge on any atom is -0.478 e. The SMILES string of the molecule is CC(Oc1ccccc1F)C(=O)Nc1cnc(N(C)C)nc1N(C)C. The number of carbonyl (C=O) groups excluding carboxylic acids is 1. The van der Waals surface area contributed by atoms with Crippen molar-refractivity contribution in [2.45, 2.75) is 13.0 Å². The Morgan fingerprint density at radius 3 is 2.48 bits per heavy atom. The fraction of sp³-hybridized carbons (Fsp3) is 0.353. The lowest BCUT2D eigenvalue weighted by atomic mass is 10.3. The first-order valence-corrected chi connectivity index (χ1v) is 7.73. The third kappa shape index (κ3) is 4.56. The Morgan fingerprint density at radius 1 is 1.20 bits per heavy atom. The number of nitrogens with zero attached hydrogens (tertiary/aromatic N) is 4. The highest BCUT2D eigenvalue weighted by molar-refractivity contribution is 5.96. The van der Waals surface area contributed by atoms with Gasteiger partial charge in [-0.2, -0.15) is 4.98 Å². The van der Waals surface area contributed by atoms with Gasteiger partial charge in [-0.15, -0.1) is 0 Å². The molecule has 2 rings (SSSR count). The van der Waals surface area contributed by atoms with E-state index in [0.29, 0.717) is 17.5 Å². The number of carbonyl (C=O) groups is 1. The van der Waals surface area contributed by atoms with Crippen molar-refractivity contribution in [1.29, 1.82) is 0 Å². The van der Waals surface area contributed by atoms with Gasteiger partial charge in [0.15, 0.2) is 23.5 Å². The van der Waals surface area contributed by atoms with Crippen molar-refractivity contribution in [3.8, 4) is 5.75 Å². The van der Waals surface area contributed by atoms with Gasteiger partial charge in [0.25, 0.3) is 5.91 Å². The molecule has 2 aromatic rings. The van der Waals surface area contributed by atoms with Crippen LogP contribution in [-0.4, -0.2) is 50.2 Å². The largest absolute Gasteiger partial charge is 0.478 e. The van der Waals surface area contributed by atoms with E-state index in [-0.39, 0.29) is 5.75 Å². The maximum absolute atomic E-state index is 13.6. The van der Waals surface area contributed by atoms with E-state index < -0.39 is 17.8 Å². The van der Waals surface area contributed by atoms with Gasteiger partial charge in [-0.05, 0) is 19.1 Å². The molecule has 1 N–H and O–H groups in total. The van der Waals surface area contributed by atoms with E-state index in [2.05, 4.69) is 15.3 Å². The smallest absolute Gasteiger partial charge is 0.265 e. The van der Waals surface area contributed by atoms with Gasteiger partial charge in [0.05, 0.1) is 6.20 Å². The summed E-state index contributed by atoms with van der Waals surface area (Å²) in [5.41, 5.74) is 0.449. The molecule has 0 saturated carbocycles. The summed E-state index contributed by atoms with van der Waals surface area (Å²) in [5.74, 6) is 0.169. The summed E-state index contributed by atoms with van der Waals surface area (Å²) in [4.78, 5) is 24.5. The molecule has 0 fully saturated rings. The number of benzene rings is 1. The standard InChI is InChI=1S/C17H22FN5O2/c1-11(25-14-9-7-6-8-12(14)18)16(24)20-13-10-19-17(23(4)5)21-15(13)22(2)3/h6-11H,1-5H3,(H,20,24). The third-order valence-electron chi connectivity index (χ3n) is 3.35. The summed E-state index contributed by atoms with van der Waals surface area (Å²) in [6, 6.07) is 5.94. The van der Waals surface area contributed by atoms with Crippen molar-refractivity contribution < 1.29 is 13.9 Å². The predicted molar refractivity (Wildman–Crippen MR) is 95.8 cm³/mol. The predicted octanol–water partition coefficient (Wildman–Crippen LogP) is 2.15. The number of para-hydroxylation sites is 1. The van der Waals surface area contributed by atoms with Gasteiger partial charge in [-0.1, -0.05) is 12.1 Å². The van der Waals surface area contributed by atoms with Crippen molar-refractivity contribution in [3.63, 3.8) is 0 Å². The fourth-order valence-electron chi connectivity index (χ4n) is 2.03. The van der Waals surface area contributed by atoms with Gasteiger partial charge in [-0.25, -0.2) is 9.37 Å². The normalized spacial score (nSPS) is 11.6. The van der Waals surface area contributed by atoms with Crippen molar-refractivity contribution in [2.24, 2.45) is 0 Å². The molecule has 7 nitrogen and oxygen atoms in total. The lowest BCUT2D eigenvalue weighted by Gasteiger charge is -2.20. The van der Waals surface area contributed by atoms with Crippen molar-refractivity contribution >= 4 is 23.4 Å². The Kier molecular flexibility index (Phi) is 5.74. The zero-order chi connectivity index (χ0) is 18.6. The maximum atomic E-state index is 13.6. The van der Waals surface area contributed by atoms with E-state index in [1.54, 1.807) is 28.9 Å². The fourth-order valence-corrected chi connectivity index (χ4v) is 2.03. The zero-order valence-corrected chi connectivity index (χ0v) is 14.9. The van der Waals surface area contributed by atoms with Crippen LogP contribution in [0.3, 0.4) is 0 Å². The molecule has 1 atom stereocenters. The summed E-state index contributed by atoms with van der Waals surface area (Å²) in [5, 5.41) is 2.73. The summed E-state index contributed by atoms with van der Waals surface area (Å²) in [6.45, 7) is 1.55. The lowest BCUT2D eigenvalue weighted by molar-refractivity contribution is -0.122. The third-order valence-corrected chi connectivity index (χ3v) is 3.35. The molecule has 1 unspecified atom stereocenters. The minimum atomic E-state index is -0.888. The molecule has 0 aliphatic rings. The van der Waals surface area contributed by atoms with Gasteiger partial charge >= 0.3 is 0 Å². The highest BCUT2D eigenvalue weighted by Crippen LogP contribution is 2.24. The zero-order valence-electron chi connectivity index (χ0n) is 14.9. The summed E-state index contributed by atoms with van der Waals surface area (Å²) >= 11 is 0. The number of ether oxygens (including phenoxy) is 1. The van der Waals surface area contributed by atoms with Gasteiger partial charge in [-0.3, -0.25) is 4.79 Å². The molecule has 25 heavy (non-hydrogen) atoms. The second-order valence-corrected chi connectivity index (χ2v) is 5.88. The summed E-state index contributed by atoms with van der Waals surface area (Å²) < 4.78 is 19.0. The number of hydrogen-bond donors (Lipinski definition) is 1. The molecule has 1 heterocycles. The molecule has 0 aliphatic heterocycles. The molecule has 0 aliphatic carbocycles. The Hall–Kier alpha value is -2.90. The molecule has 1 aromatic carbocycles. The number of nitrogens with one attached hydrogen (secondary N) is 1. The van der Waals surface area contributed by atoms with Gasteiger partial charge in [0, 0.05) is 28.2 Å². The van der Waals surface area contributed by atoms with Crippen LogP contribution in [0.5, 0.6) is 5.75 Å². The molecule has 0 radical (unpaired) electrons. The van der Waals surface area contributed by atoms with Crippen LogP contribution in [0.1, 0.15) is 6.92 Å². The van der Waals surface area contributed by atoms with Crippen LogP contribution < -0.4 is 19.9 Å². The topological polar surface area (TPSA) is 70.6 Å². The Labute approximate surface area is 146 Å². The van der Waals surface area contributed by atoms with E-state index in [1.165, 1.54) is 18.3 Å². The average molecular weight is 347 g/mol. The summed E-state index contributed by atoms with van der Waals surface area (Å²) in [6.07, 6.45) is 0.645. The van der Waals surface area contributed by atoms with Crippen LogP contribution in [0.25, 0.3) is 0 Å². The van der Waals surface area contributed by atoms with E-state index in [1.807, 2.05) is 28.2 Å². The van der Waals surface area contributed by atoms with Crippen molar-refractivity contribution in [1.82, 2.24) is 9.97 Å². The number of anilines is 3. The molecular formula is C17H22FN5O2. The van der Waals surface area contributed by atoms with Gasteiger partial charge < -0.3 is 19.9 Å². The van der Waals surface area contributed by atoms with E-state index in [4.69, 9.17) is 4.74 Å². The van der Waals surface area contributed by atoms with Crippen molar-refractivity contribution in [3.05, 3.63) is 36.3 Å². The van der Waals surface area contributed by atoms with E-state index in [9.17, 15) is 9.18 Å². The number of amides is 1. The number of aromatic nitrogens is 2. The number of hydrogen-bond acceptors (Lipinski definition) is 6. The first kappa shape index (κ1) is 18.4. The second-order valence-electron chi connectivity index (χ2n) is 5.88. The first-order chi connectivity index (χ1) is 11.8. The molecule has 0 saturated heterocycles. The lowest BCUT2D eigenvalue weighted by Crippen LogP contribution is -2.31. The van der Waals surface area contributed by atoms with Crippen LogP contribution >= 0.6 is 0 Å². The van der Waals surface area contributed by atoms with Crippen LogP contribution in [0, 0.1) is 5.82 Å². The van der Waals surface area contributed by atoms with E-state index >= 15 is 0 Å². The highest BCUT2D eigenvalue weighted by atomic mass is 19.1.